The van der Waals surface area contributed by atoms with Gasteiger partial charge in [0.2, 0.25) is 0 Å². The van der Waals surface area contributed by atoms with Gasteiger partial charge in [-0.1, -0.05) is 0 Å². The lowest BCUT2D eigenvalue weighted by atomic mass is 9.66. The zero-order chi connectivity index (χ0) is 15.1. The van der Waals surface area contributed by atoms with Crippen LogP contribution < -0.4 is 0 Å². The van der Waals surface area contributed by atoms with Gasteiger partial charge in [0.15, 0.2) is 0 Å². The first kappa shape index (κ1) is 14.1. The van der Waals surface area contributed by atoms with E-state index in [1.165, 1.54) is 55.2 Å². The fourth-order valence-electron chi connectivity index (χ4n) is 6.04. The van der Waals surface area contributed by atoms with E-state index < -0.39 is 0 Å². The van der Waals surface area contributed by atoms with Crippen LogP contribution in [0.3, 0.4) is 0 Å². The Bertz CT molecular complexity index is 783. The van der Waals surface area contributed by atoms with E-state index in [1.807, 2.05) is 0 Å². The second-order valence-corrected chi connectivity index (χ2v) is 11.3. The average Bonchev–Trinajstić information content (AvgIpc) is 3.21. The van der Waals surface area contributed by atoms with E-state index in [1.54, 1.807) is 32.0 Å². The van der Waals surface area contributed by atoms with Crippen molar-refractivity contribution >= 4 is 38.6 Å². The molecule has 2 saturated carbocycles. The summed E-state index contributed by atoms with van der Waals surface area (Å²) in [6.45, 7) is 0. The number of rotatable bonds is 1. The summed E-state index contributed by atoms with van der Waals surface area (Å²) in [6.07, 6.45) is 11.5. The number of hydrogen-bond donors (Lipinski definition) is 0. The fraction of sp³-hybridized carbons (Fsp3) is 0.600. The van der Waals surface area contributed by atoms with Gasteiger partial charge in [-0.15, -0.1) is 22.7 Å². The van der Waals surface area contributed by atoms with Crippen molar-refractivity contribution in [1.82, 2.24) is 0 Å². The quantitative estimate of drug-likeness (QED) is 0.455. The molecule has 120 valence electrons. The Kier molecular flexibility index (Phi) is 3.04. The zero-order valence-corrected chi connectivity index (χ0v) is 16.5. The summed E-state index contributed by atoms with van der Waals surface area (Å²) < 4.78 is 1.46. The van der Waals surface area contributed by atoms with Crippen LogP contribution in [0.2, 0.25) is 0 Å². The van der Waals surface area contributed by atoms with Crippen LogP contribution in [0.25, 0.3) is 9.75 Å². The van der Waals surface area contributed by atoms with Crippen molar-refractivity contribution in [2.75, 3.05) is 0 Å². The highest BCUT2D eigenvalue weighted by Crippen LogP contribution is 2.61. The minimum absolute atomic E-state index is 0.849. The Labute approximate surface area is 154 Å². The molecule has 0 saturated heterocycles. The Hall–Kier alpha value is -0.120. The minimum Gasteiger partial charge on any atom is -0.142 e. The van der Waals surface area contributed by atoms with Crippen molar-refractivity contribution in [1.29, 1.82) is 0 Å². The molecular formula is C20H21BrS2. The lowest BCUT2D eigenvalue weighted by Gasteiger charge is -2.38. The van der Waals surface area contributed by atoms with Gasteiger partial charge in [0.05, 0.1) is 3.79 Å². The molecule has 0 unspecified atom stereocenters. The van der Waals surface area contributed by atoms with E-state index in [9.17, 15) is 0 Å². The third kappa shape index (κ3) is 1.82. The van der Waals surface area contributed by atoms with Gasteiger partial charge in [0.25, 0.3) is 0 Å². The molecule has 0 aliphatic heterocycles. The topological polar surface area (TPSA) is 0 Å². The number of fused-ring (bicyclic) bond motifs is 4. The molecule has 4 bridgehead atoms. The summed E-state index contributed by atoms with van der Waals surface area (Å²) in [6, 6.07) is 0. The van der Waals surface area contributed by atoms with Crippen LogP contribution in [-0.4, -0.2) is 0 Å². The molecule has 0 spiro atoms. The molecule has 0 radical (unpaired) electrons. The molecular weight excluding hydrogens is 384 g/mol. The summed E-state index contributed by atoms with van der Waals surface area (Å²) in [4.78, 5) is 3.34. The van der Waals surface area contributed by atoms with Crippen molar-refractivity contribution in [2.24, 2.45) is 0 Å². The van der Waals surface area contributed by atoms with Crippen LogP contribution in [0, 0.1) is 0 Å². The van der Waals surface area contributed by atoms with Gasteiger partial charge in [0.1, 0.15) is 0 Å². The third-order valence-corrected chi connectivity index (χ3v) is 10.2. The lowest BCUT2D eigenvalue weighted by molar-refractivity contribution is 0.358. The largest absolute Gasteiger partial charge is 0.142 e. The van der Waals surface area contributed by atoms with Crippen LogP contribution in [-0.2, 0) is 0 Å². The number of hydrogen-bond acceptors (Lipinski definition) is 2. The summed E-state index contributed by atoms with van der Waals surface area (Å²) in [5.41, 5.74) is 7.02. The molecule has 0 nitrogen and oxygen atoms in total. The average molecular weight is 405 g/mol. The maximum Gasteiger partial charge on any atom is 0.0743 e. The molecule has 2 heterocycles. The highest BCUT2D eigenvalue weighted by Gasteiger charge is 2.41. The number of halogens is 1. The molecule has 6 aliphatic carbocycles. The molecule has 6 aliphatic rings. The molecule has 0 amide bonds. The van der Waals surface area contributed by atoms with Gasteiger partial charge >= 0.3 is 0 Å². The lowest BCUT2D eigenvalue weighted by Crippen LogP contribution is -2.22. The Morgan fingerprint density at radius 2 is 1.26 bits per heavy atom. The van der Waals surface area contributed by atoms with Gasteiger partial charge in [0, 0.05) is 9.75 Å². The first-order valence-corrected chi connectivity index (χ1v) is 11.7. The van der Waals surface area contributed by atoms with Gasteiger partial charge in [-0.2, -0.15) is 0 Å². The van der Waals surface area contributed by atoms with Crippen LogP contribution >= 0.6 is 38.6 Å². The predicted molar refractivity (Wildman–Crippen MR) is 103 cm³/mol. The molecule has 3 heteroatoms. The zero-order valence-electron chi connectivity index (χ0n) is 13.2. The van der Waals surface area contributed by atoms with Gasteiger partial charge < -0.3 is 0 Å². The predicted octanol–water partition coefficient (Wildman–Crippen LogP) is 7.75. The smallest absolute Gasteiger partial charge is 0.0743 e. The van der Waals surface area contributed by atoms with E-state index in [0.29, 0.717) is 0 Å². The molecule has 23 heavy (non-hydrogen) atoms. The fourth-order valence-corrected chi connectivity index (χ4v) is 9.68. The molecule has 2 fully saturated rings. The molecule has 2 aromatic rings. The normalized spacial score (nSPS) is 33.8. The van der Waals surface area contributed by atoms with Crippen LogP contribution in [0.5, 0.6) is 0 Å². The highest BCUT2D eigenvalue weighted by molar-refractivity contribution is 9.11. The van der Waals surface area contributed by atoms with Gasteiger partial charge in [-0.05, 0) is 119 Å². The van der Waals surface area contributed by atoms with Crippen molar-refractivity contribution in [3.05, 3.63) is 31.4 Å². The first-order chi connectivity index (χ1) is 11.3. The van der Waals surface area contributed by atoms with Crippen LogP contribution in [0.1, 0.15) is 97.3 Å². The van der Waals surface area contributed by atoms with Crippen molar-refractivity contribution in [3.63, 3.8) is 0 Å². The maximum absolute atomic E-state index is 3.95. The highest BCUT2D eigenvalue weighted by atomic mass is 79.9. The van der Waals surface area contributed by atoms with E-state index >= 15 is 0 Å². The Morgan fingerprint density at radius 1 is 0.696 bits per heavy atom. The SMILES string of the molecule is Brc1sc(-c2scc3c2C2CCC3CC2)c2c1C1CCC2CC1. The second kappa shape index (κ2) is 4.95. The maximum atomic E-state index is 3.95. The number of thiophene rings is 2. The summed E-state index contributed by atoms with van der Waals surface area (Å²) in [5, 5.41) is 2.53. The minimum atomic E-state index is 0.849. The monoisotopic (exact) mass is 404 g/mol. The summed E-state index contributed by atoms with van der Waals surface area (Å²) in [7, 11) is 0. The van der Waals surface area contributed by atoms with Crippen molar-refractivity contribution < 1.29 is 0 Å². The van der Waals surface area contributed by atoms with E-state index in [4.69, 9.17) is 0 Å². The molecule has 0 aromatic carbocycles. The van der Waals surface area contributed by atoms with E-state index in [2.05, 4.69) is 44.0 Å². The molecule has 8 rings (SSSR count). The van der Waals surface area contributed by atoms with E-state index in [-0.39, 0.29) is 0 Å². The van der Waals surface area contributed by atoms with Gasteiger partial charge in [-0.3, -0.25) is 0 Å². The van der Waals surface area contributed by atoms with Crippen LogP contribution in [0.15, 0.2) is 9.17 Å². The summed E-state index contributed by atoms with van der Waals surface area (Å²) in [5.74, 6) is 3.46. The Balaban J connectivity index is 1.58. The molecule has 0 N–H and O–H groups in total. The first-order valence-electron chi connectivity index (χ1n) is 9.25. The molecule has 0 atom stereocenters. The van der Waals surface area contributed by atoms with Crippen molar-refractivity contribution in [2.45, 2.75) is 75.0 Å². The summed E-state index contributed by atoms with van der Waals surface area (Å²) >= 11 is 8.08. The second-order valence-electron chi connectivity index (χ2n) is 8.06. The van der Waals surface area contributed by atoms with Crippen molar-refractivity contribution in [3.8, 4) is 9.75 Å². The third-order valence-electron chi connectivity index (χ3n) is 7.12. The Morgan fingerprint density at radius 3 is 1.96 bits per heavy atom. The van der Waals surface area contributed by atoms with Gasteiger partial charge in [-0.25, -0.2) is 0 Å². The standard InChI is InChI=1S/C20H21BrS2/c21-20-17-13-7-5-12(6-8-13)16(17)19(23-20)18-15-11-3-1-10(2-4-11)14(15)9-22-18/h9-13H,1-8H2. The molecule has 2 aromatic heterocycles. The van der Waals surface area contributed by atoms with E-state index in [0.717, 1.165) is 23.7 Å². The van der Waals surface area contributed by atoms with Crippen LogP contribution in [0.4, 0.5) is 0 Å².